The monoisotopic (exact) mass is 1690 g/mol. The Balaban J connectivity index is 1.68. The molecule has 0 bridgehead atoms. The zero-order valence-corrected chi connectivity index (χ0v) is 67.2. The van der Waals surface area contributed by atoms with E-state index in [2.05, 4.69) is 5.32 Å². The number of carbonyl (C=O) groups excluding carboxylic acids is 12. The second-order valence-electron chi connectivity index (χ2n) is 27.9. The van der Waals surface area contributed by atoms with Gasteiger partial charge in [0.25, 0.3) is 0 Å². The first kappa shape index (κ1) is 99.8. The first-order valence-corrected chi connectivity index (χ1v) is 38.6. The van der Waals surface area contributed by atoms with E-state index in [1.807, 2.05) is 60.7 Å². The molecule has 0 saturated heterocycles. The summed E-state index contributed by atoms with van der Waals surface area (Å²) >= 11 is 0. The molecular weight excluding hydrogens is 1590 g/mol. The number of ketones is 1. The van der Waals surface area contributed by atoms with Gasteiger partial charge < -0.3 is 100 Å². The molecule has 0 radical (unpaired) electrons. The molecule has 40 heteroatoms. The van der Waals surface area contributed by atoms with Crippen LogP contribution in [0.3, 0.4) is 0 Å². The number of nitrogens with one attached hydrogen (secondary N) is 1. The van der Waals surface area contributed by atoms with Gasteiger partial charge in [0.1, 0.15) is 5.78 Å². The summed E-state index contributed by atoms with van der Waals surface area (Å²) < 4.78 is 0. The predicted octanol–water partition coefficient (Wildman–Crippen LogP) is -0.952. The highest BCUT2D eigenvalue weighted by Gasteiger charge is 2.35. The van der Waals surface area contributed by atoms with E-state index in [1.54, 1.807) is 60.7 Å². The Morgan fingerprint density at radius 1 is 0.215 bits per heavy atom. The summed E-state index contributed by atoms with van der Waals surface area (Å²) in [5.74, 6) is -24.7. The van der Waals surface area contributed by atoms with E-state index in [1.165, 1.54) is 9.80 Å². The molecule has 4 aromatic carbocycles. The number of Topliss-reactive ketones (excluding diaryl/α,β-unsaturated/α-hetero) is 1. The number of benzene rings is 4. The fourth-order valence-electron chi connectivity index (χ4n) is 11.9. The zero-order chi connectivity index (χ0) is 89.5. The van der Waals surface area contributed by atoms with Gasteiger partial charge >= 0.3 is 47.8 Å². The quantitative estimate of drug-likeness (QED) is 0.0241. The Kier molecular flexibility index (Phi) is 44.3. The molecule has 0 aliphatic carbocycles. The summed E-state index contributed by atoms with van der Waals surface area (Å²) in [5, 5.41) is 80.7. The maximum atomic E-state index is 15.1. The smallest absolute Gasteiger partial charge is 0.305 e. The molecule has 0 aromatic heterocycles. The predicted molar refractivity (Wildman–Crippen MR) is 425 cm³/mol. The van der Waals surface area contributed by atoms with E-state index in [9.17, 15) is 132 Å². The number of rotatable bonds is 60. The van der Waals surface area contributed by atoms with Gasteiger partial charge in [-0.15, -0.1) is 0 Å². The molecule has 11 amide bonds. The van der Waals surface area contributed by atoms with Crippen LogP contribution in [-0.2, 0) is 122 Å². The zero-order valence-electron chi connectivity index (χ0n) is 67.2. The van der Waals surface area contributed by atoms with Crippen molar-refractivity contribution in [1.82, 2.24) is 59.2 Å². The highest BCUT2D eigenvalue weighted by Crippen LogP contribution is 2.14. The summed E-state index contributed by atoms with van der Waals surface area (Å²) in [4.78, 5) is 275. The molecule has 0 atom stereocenters. The van der Waals surface area contributed by atoms with Crippen LogP contribution in [0.4, 0.5) is 0 Å². The molecule has 0 fully saturated rings. The Bertz CT molecular complexity index is 4220. The number of hydrogen-bond donors (Lipinski definition) is 9. The summed E-state index contributed by atoms with van der Waals surface area (Å²) in [6.07, 6.45) is -5.80. The molecule has 0 aliphatic rings. The first-order valence-electron chi connectivity index (χ1n) is 38.6. The molecular formula is C81H104N12O28. The standard InChI is InChI=1S/C81H104N12O28/c1-58(94)47-83(38-26-74(106)107)64(96)49-87(39-27-75(108)109)68(100)52-89(41-29-77(112)113)70(102)54-91(43-31-79(116)117)72(104)56-93(45-33-81(120)121)73(105)57-92(44-32-80(118)119)71(103)55-90(42-30-78(114)115)69(101)53-88(40-28-76(110)111)67(99)51-86(37-25-62-20-12-5-13-21-62)66(98)50-85(36-24-61-18-10-4-11-19-61)65(97)48-84(35-23-60-16-8-3-9-17-60)63(95)46-82-34-22-59-14-6-2-7-15-59/h2-21,82H,22-57H2,1H3,(H,106,107)(H,108,109)(H,110,111)(H,112,113)(H,114,115)(H,116,117)(H,118,119)(H,120,121). The van der Waals surface area contributed by atoms with Gasteiger partial charge in [-0.1, -0.05) is 121 Å². The summed E-state index contributed by atoms with van der Waals surface area (Å²) in [6.45, 7) is -16.3. The lowest BCUT2D eigenvalue weighted by atomic mass is 10.1. The maximum Gasteiger partial charge on any atom is 0.305 e. The van der Waals surface area contributed by atoms with Crippen LogP contribution >= 0.6 is 0 Å². The van der Waals surface area contributed by atoms with Gasteiger partial charge in [-0.25, -0.2) is 0 Å². The number of carboxylic acids is 8. The summed E-state index contributed by atoms with van der Waals surface area (Å²) in [6, 6.07) is 36.3. The molecule has 0 unspecified atom stereocenters. The van der Waals surface area contributed by atoms with Crippen molar-refractivity contribution in [2.24, 2.45) is 0 Å². The van der Waals surface area contributed by atoms with Gasteiger partial charge in [0, 0.05) is 72.0 Å². The average Bonchev–Trinajstić information content (AvgIpc) is 0.858. The van der Waals surface area contributed by atoms with Gasteiger partial charge in [-0.05, 0) is 61.4 Å². The largest absolute Gasteiger partial charge is 0.481 e. The molecule has 9 N–H and O–H groups in total. The third-order valence-corrected chi connectivity index (χ3v) is 18.6. The molecule has 0 spiro atoms. The second kappa shape index (κ2) is 53.7. The fraction of sp³-hybridized carbons (Fsp3) is 0.457. The number of hydrogen-bond acceptors (Lipinski definition) is 21. The van der Waals surface area contributed by atoms with Crippen LogP contribution in [-0.4, -0.2) is 370 Å². The van der Waals surface area contributed by atoms with Gasteiger partial charge in [-0.3, -0.25) is 95.9 Å². The SMILES string of the molecule is CC(=O)CN(CCC(=O)O)C(=O)CN(CCC(=O)O)C(=O)CN(CCC(=O)O)C(=O)CN(CCC(=O)O)C(=O)CN(CCC(=O)O)C(=O)CN(CCC(=O)O)C(=O)CN(CCC(=O)O)C(=O)CN(CCC(=O)O)C(=O)CN(CCc1ccccc1)C(=O)CN(CCc1ccccc1)C(=O)CN(CCc1ccccc1)C(=O)CNCCc1ccccc1. The van der Waals surface area contributed by atoms with E-state index in [4.69, 9.17) is 0 Å². The van der Waals surface area contributed by atoms with Crippen LogP contribution in [0.25, 0.3) is 0 Å². The van der Waals surface area contributed by atoms with Crippen molar-refractivity contribution in [3.63, 3.8) is 0 Å². The van der Waals surface area contributed by atoms with E-state index in [0.29, 0.717) is 54.3 Å². The van der Waals surface area contributed by atoms with Gasteiger partial charge in [0.15, 0.2) is 0 Å². The van der Waals surface area contributed by atoms with Crippen molar-refractivity contribution in [3.05, 3.63) is 144 Å². The molecule has 0 saturated carbocycles. The Hall–Kier alpha value is -13.6. The Labute approximate surface area is 696 Å². The average molecular weight is 1690 g/mol. The topological polar surface area (TPSA) is 551 Å². The highest BCUT2D eigenvalue weighted by atomic mass is 16.4. The highest BCUT2D eigenvalue weighted by molar-refractivity contribution is 5.96. The van der Waals surface area contributed by atoms with Gasteiger partial charge in [0.05, 0.1) is 130 Å². The van der Waals surface area contributed by atoms with E-state index >= 15 is 4.79 Å². The summed E-state index contributed by atoms with van der Waals surface area (Å²) in [5.41, 5.74) is 3.35. The minimum atomic E-state index is -1.60. The van der Waals surface area contributed by atoms with E-state index < -0.39 is 294 Å². The third-order valence-electron chi connectivity index (χ3n) is 18.6. The van der Waals surface area contributed by atoms with Crippen LogP contribution in [0, 0.1) is 0 Å². The number of carbonyl (C=O) groups is 20. The Morgan fingerprint density at radius 3 is 0.545 bits per heavy atom. The van der Waals surface area contributed by atoms with Crippen LogP contribution in [0.15, 0.2) is 121 Å². The minimum Gasteiger partial charge on any atom is -0.481 e. The number of nitrogens with zero attached hydrogens (tertiary/aromatic N) is 11. The van der Waals surface area contributed by atoms with Crippen molar-refractivity contribution in [2.45, 2.75) is 84.0 Å². The molecule has 4 rings (SSSR count). The van der Waals surface area contributed by atoms with Crippen molar-refractivity contribution in [2.75, 3.05) is 157 Å². The number of carboxylic acid groups (broad SMARTS) is 8. The van der Waals surface area contributed by atoms with Crippen molar-refractivity contribution < 1.29 is 137 Å². The molecule has 656 valence electrons. The lowest BCUT2D eigenvalue weighted by Crippen LogP contribution is -2.53. The molecule has 4 aromatic rings. The number of amides is 11. The van der Waals surface area contributed by atoms with Crippen molar-refractivity contribution in [1.29, 1.82) is 0 Å². The van der Waals surface area contributed by atoms with Crippen LogP contribution in [0.1, 0.15) is 80.5 Å². The maximum absolute atomic E-state index is 15.1. The van der Waals surface area contributed by atoms with Crippen molar-refractivity contribution >= 4 is 119 Å². The van der Waals surface area contributed by atoms with Crippen LogP contribution < -0.4 is 5.32 Å². The molecule has 0 heterocycles. The second-order valence-corrected chi connectivity index (χ2v) is 27.9. The lowest BCUT2D eigenvalue weighted by Gasteiger charge is -2.33. The third kappa shape index (κ3) is 40.9. The van der Waals surface area contributed by atoms with Gasteiger partial charge in [-0.2, -0.15) is 0 Å². The van der Waals surface area contributed by atoms with Crippen molar-refractivity contribution in [3.8, 4) is 0 Å². The lowest BCUT2D eigenvalue weighted by molar-refractivity contribution is -0.151. The summed E-state index contributed by atoms with van der Waals surface area (Å²) in [7, 11) is 0. The van der Waals surface area contributed by atoms with Gasteiger partial charge in [0.2, 0.25) is 65.0 Å². The van der Waals surface area contributed by atoms with E-state index in [0.717, 1.165) is 38.3 Å². The first-order chi connectivity index (χ1) is 57.5. The molecule has 0 aliphatic heterocycles. The fourth-order valence-corrected chi connectivity index (χ4v) is 11.9. The molecule has 40 nitrogen and oxygen atoms in total. The number of aliphatic carboxylic acids is 8. The Morgan fingerprint density at radius 2 is 0.372 bits per heavy atom. The minimum absolute atomic E-state index is 0.0741. The van der Waals surface area contributed by atoms with Crippen LogP contribution in [0.2, 0.25) is 0 Å². The van der Waals surface area contributed by atoms with Crippen LogP contribution in [0.5, 0.6) is 0 Å². The molecule has 121 heavy (non-hydrogen) atoms. The van der Waals surface area contributed by atoms with E-state index in [-0.39, 0.29) is 39.0 Å². The normalized spacial score (nSPS) is 10.7.